The molecule has 6 heteroatoms. The zero-order valence-electron chi connectivity index (χ0n) is 13.2. The number of pyridine rings is 1. The van der Waals surface area contributed by atoms with Gasteiger partial charge in [0.05, 0.1) is 0 Å². The third-order valence-electron chi connectivity index (χ3n) is 4.54. The Hall–Kier alpha value is -1.92. The van der Waals surface area contributed by atoms with E-state index in [1.165, 1.54) is 11.1 Å². The number of anilines is 1. The zero-order valence-corrected chi connectivity index (χ0v) is 15.0. The number of carbonyl (C=O) groups excluding carboxylic acids is 1. The summed E-state index contributed by atoms with van der Waals surface area (Å²) in [6.07, 6.45) is 5.76. The molecule has 0 fully saturated rings. The van der Waals surface area contributed by atoms with Gasteiger partial charge in [-0.2, -0.15) is 0 Å². The van der Waals surface area contributed by atoms with E-state index in [-0.39, 0.29) is 28.9 Å². The molecule has 1 atom stereocenters. The smallest absolute Gasteiger partial charge is 0.225 e. The molecule has 126 valence electrons. The number of rotatable bonds is 2. The Labute approximate surface area is 151 Å². The lowest BCUT2D eigenvalue weighted by Gasteiger charge is -2.22. The number of nitrogens with one attached hydrogen (secondary N) is 1. The van der Waals surface area contributed by atoms with Crippen LogP contribution in [0.25, 0.3) is 0 Å². The van der Waals surface area contributed by atoms with Crippen LogP contribution in [-0.2, 0) is 24.1 Å². The topological polar surface area (TPSA) is 77.2 Å². The van der Waals surface area contributed by atoms with Gasteiger partial charge >= 0.3 is 0 Å². The molecule has 2 heterocycles. The fourth-order valence-corrected chi connectivity index (χ4v) is 3.30. The Morgan fingerprint density at radius 1 is 1.17 bits per heavy atom. The van der Waals surface area contributed by atoms with Crippen LogP contribution in [0.5, 0.6) is 11.5 Å². The Balaban J connectivity index is 0.00000169. The first-order valence-electron chi connectivity index (χ1n) is 8.02. The molecule has 0 unspecified atom stereocenters. The van der Waals surface area contributed by atoms with Crippen LogP contribution in [0.4, 0.5) is 5.82 Å². The number of hydrogen-bond acceptors (Lipinski definition) is 4. The van der Waals surface area contributed by atoms with Crippen LogP contribution in [-0.4, -0.2) is 16.9 Å². The number of aromatic nitrogens is 1. The van der Waals surface area contributed by atoms with Crippen molar-refractivity contribution in [2.75, 3.05) is 5.32 Å². The number of halogens is 1. The van der Waals surface area contributed by atoms with E-state index in [4.69, 9.17) is 10.5 Å². The molecule has 0 spiro atoms. The molecule has 1 aromatic heterocycles. The van der Waals surface area contributed by atoms with E-state index in [1.807, 2.05) is 12.1 Å². The minimum Gasteiger partial charge on any atom is -0.457 e. The van der Waals surface area contributed by atoms with Gasteiger partial charge in [-0.25, -0.2) is 4.98 Å². The second-order valence-corrected chi connectivity index (χ2v) is 6.22. The first-order valence-corrected chi connectivity index (χ1v) is 8.02. The van der Waals surface area contributed by atoms with Crippen LogP contribution in [0.15, 0.2) is 30.5 Å². The van der Waals surface area contributed by atoms with Crippen LogP contribution in [0.2, 0.25) is 0 Å². The van der Waals surface area contributed by atoms with Crippen LogP contribution in [0, 0.1) is 0 Å². The van der Waals surface area contributed by atoms with Gasteiger partial charge in [0.15, 0.2) is 0 Å². The number of nitrogens with zero attached hydrogens (tertiary/aromatic N) is 1. The highest BCUT2D eigenvalue weighted by molar-refractivity contribution is 8.93. The summed E-state index contributed by atoms with van der Waals surface area (Å²) >= 11 is 0. The summed E-state index contributed by atoms with van der Waals surface area (Å²) in [5, 5.41) is 2.80. The number of benzene rings is 1. The summed E-state index contributed by atoms with van der Waals surface area (Å²) in [5.41, 5.74) is 9.67. The predicted molar refractivity (Wildman–Crippen MR) is 98.0 cm³/mol. The molecule has 5 nitrogen and oxygen atoms in total. The van der Waals surface area contributed by atoms with Gasteiger partial charge in [-0.3, -0.25) is 4.79 Å². The van der Waals surface area contributed by atoms with Crippen molar-refractivity contribution in [2.45, 2.75) is 38.1 Å². The SMILES string of the molecule is Br.N[C@@H]1CCc2ccc(Oc3ccnc4c3CCC(=O)N4)cc2C1. The highest BCUT2D eigenvalue weighted by Crippen LogP contribution is 2.34. The van der Waals surface area contributed by atoms with Gasteiger partial charge < -0.3 is 15.8 Å². The lowest BCUT2D eigenvalue weighted by Crippen LogP contribution is -2.27. The van der Waals surface area contributed by atoms with Gasteiger partial charge in [0, 0.05) is 24.2 Å². The third-order valence-corrected chi connectivity index (χ3v) is 4.54. The lowest BCUT2D eigenvalue weighted by atomic mass is 9.89. The normalized spacial score (nSPS) is 18.7. The van der Waals surface area contributed by atoms with Crippen molar-refractivity contribution in [1.29, 1.82) is 0 Å². The molecular formula is C18H20BrN3O2. The summed E-state index contributed by atoms with van der Waals surface area (Å²) in [4.78, 5) is 15.7. The second kappa shape index (κ2) is 6.91. The van der Waals surface area contributed by atoms with Crippen LogP contribution < -0.4 is 15.8 Å². The standard InChI is InChI=1S/C18H19N3O2.BrH/c19-13-3-1-11-2-4-14(10-12(11)9-13)23-16-7-8-20-18-15(16)5-6-17(22)21-18;/h2,4,7-8,10,13H,1,3,5-6,9,19H2,(H,20,21,22);1H/t13-;/m1./s1. The van der Waals surface area contributed by atoms with Crippen molar-refractivity contribution < 1.29 is 9.53 Å². The first kappa shape index (κ1) is 16.9. The number of ether oxygens (including phenoxy) is 1. The molecule has 4 rings (SSSR count). The van der Waals surface area contributed by atoms with E-state index in [2.05, 4.69) is 22.4 Å². The average molecular weight is 390 g/mol. The Kier molecular flexibility index (Phi) is 4.87. The number of fused-ring (bicyclic) bond motifs is 2. The molecule has 3 N–H and O–H groups in total. The summed E-state index contributed by atoms with van der Waals surface area (Å²) in [5.74, 6) is 2.18. The van der Waals surface area contributed by atoms with Crippen LogP contribution in [0.1, 0.15) is 29.5 Å². The van der Waals surface area contributed by atoms with Gasteiger partial charge in [0.25, 0.3) is 0 Å². The number of nitrogens with two attached hydrogens (primary N) is 1. The molecule has 1 amide bonds. The minimum absolute atomic E-state index is 0. The molecule has 0 saturated carbocycles. The minimum atomic E-state index is 0. The number of carbonyl (C=O) groups is 1. The zero-order chi connectivity index (χ0) is 15.8. The van der Waals surface area contributed by atoms with E-state index >= 15 is 0 Å². The average Bonchev–Trinajstić information content (AvgIpc) is 2.54. The van der Waals surface area contributed by atoms with Gasteiger partial charge in [-0.05, 0) is 55.0 Å². The second-order valence-electron chi connectivity index (χ2n) is 6.22. The maximum Gasteiger partial charge on any atom is 0.225 e. The largest absolute Gasteiger partial charge is 0.457 e. The van der Waals surface area contributed by atoms with Gasteiger partial charge in [-0.1, -0.05) is 6.07 Å². The molecule has 1 aromatic carbocycles. The molecule has 2 aliphatic rings. The first-order chi connectivity index (χ1) is 11.2. The molecular weight excluding hydrogens is 370 g/mol. The molecule has 0 saturated heterocycles. The number of hydrogen-bond donors (Lipinski definition) is 2. The molecule has 1 aliphatic carbocycles. The number of amides is 1. The highest BCUT2D eigenvalue weighted by Gasteiger charge is 2.21. The van der Waals surface area contributed by atoms with E-state index < -0.39 is 0 Å². The quantitative estimate of drug-likeness (QED) is 0.826. The molecule has 1 aliphatic heterocycles. The summed E-state index contributed by atoms with van der Waals surface area (Å²) < 4.78 is 6.08. The predicted octanol–water partition coefficient (Wildman–Crippen LogP) is 3.15. The fourth-order valence-electron chi connectivity index (χ4n) is 3.30. The fraction of sp³-hybridized carbons (Fsp3) is 0.333. The van der Waals surface area contributed by atoms with E-state index in [0.29, 0.717) is 18.7 Å². The van der Waals surface area contributed by atoms with E-state index in [0.717, 1.165) is 36.3 Å². The third kappa shape index (κ3) is 3.30. The van der Waals surface area contributed by atoms with E-state index in [1.54, 1.807) is 6.20 Å². The van der Waals surface area contributed by atoms with Crippen molar-refractivity contribution in [3.05, 3.63) is 47.2 Å². The monoisotopic (exact) mass is 389 g/mol. The Morgan fingerprint density at radius 2 is 2.04 bits per heavy atom. The Morgan fingerprint density at radius 3 is 2.92 bits per heavy atom. The maximum atomic E-state index is 11.5. The van der Waals surface area contributed by atoms with E-state index in [9.17, 15) is 4.79 Å². The molecule has 2 aromatic rings. The van der Waals surface area contributed by atoms with Crippen molar-refractivity contribution in [2.24, 2.45) is 5.73 Å². The lowest BCUT2D eigenvalue weighted by molar-refractivity contribution is -0.116. The highest BCUT2D eigenvalue weighted by atomic mass is 79.9. The summed E-state index contributed by atoms with van der Waals surface area (Å²) in [7, 11) is 0. The van der Waals surface area contributed by atoms with Crippen molar-refractivity contribution in [3.8, 4) is 11.5 Å². The van der Waals surface area contributed by atoms with Crippen molar-refractivity contribution >= 4 is 28.7 Å². The molecule has 24 heavy (non-hydrogen) atoms. The molecule has 0 radical (unpaired) electrons. The van der Waals surface area contributed by atoms with Crippen LogP contribution in [0.3, 0.4) is 0 Å². The van der Waals surface area contributed by atoms with Crippen molar-refractivity contribution in [3.63, 3.8) is 0 Å². The Bertz CT molecular complexity index is 779. The summed E-state index contributed by atoms with van der Waals surface area (Å²) in [6.45, 7) is 0. The maximum absolute atomic E-state index is 11.5. The summed E-state index contributed by atoms with van der Waals surface area (Å²) in [6, 6.07) is 8.31. The van der Waals surface area contributed by atoms with Crippen molar-refractivity contribution in [1.82, 2.24) is 4.98 Å². The van der Waals surface area contributed by atoms with Gasteiger partial charge in [-0.15, -0.1) is 17.0 Å². The van der Waals surface area contributed by atoms with Gasteiger partial charge in [0.1, 0.15) is 17.3 Å². The molecule has 0 bridgehead atoms. The van der Waals surface area contributed by atoms with Gasteiger partial charge in [0.2, 0.25) is 5.91 Å². The van der Waals surface area contributed by atoms with Crippen LogP contribution >= 0.6 is 17.0 Å². The number of aryl methyl sites for hydroxylation is 1.